The van der Waals surface area contributed by atoms with Crippen LogP contribution in [-0.4, -0.2) is 53.9 Å². The number of benzene rings is 2. The number of amides is 1. The number of nitrogens with zero attached hydrogens (tertiary/aromatic N) is 3. The standard InChI is InChI=1S/C29H36N6O3/c1-21-26(29(33-20-30)32-19-10-9-18-31-2)27(34-24(36)16-11-17-25(37)38)28(22-12-5-3-6-13-22)35(21)23-14-7-4-8-15-23/h3-8,12-15,20,31H,9-11,16-19H2,1-2H3,(H,34,36)(H,37,38)(H2,30,32,33). The van der Waals surface area contributed by atoms with Gasteiger partial charge in [0, 0.05) is 36.3 Å². The third kappa shape index (κ3) is 7.39. The van der Waals surface area contributed by atoms with Crippen molar-refractivity contribution in [2.24, 2.45) is 15.7 Å². The molecule has 9 nitrogen and oxygen atoms in total. The van der Waals surface area contributed by atoms with Crippen LogP contribution in [0.1, 0.15) is 43.4 Å². The fraction of sp³-hybridized carbons (Fsp3) is 0.310. The second kappa shape index (κ2) is 14.5. The van der Waals surface area contributed by atoms with Crippen LogP contribution in [0.3, 0.4) is 0 Å². The molecule has 1 aromatic heterocycles. The molecule has 0 spiro atoms. The average molecular weight is 517 g/mol. The monoisotopic (exact) mass is 516 g/mol. The molecule has 3 aromatic rings. The van der Waals surface area contributed by atoms with Crippen molar-refractivity contribution in [2.75, 3.05) is 25.5 Å². The third-order valence-corrected chi connectivity index (χ3v) is 6.05. The first kappa shape index (κ1) is 28.3. The first-order chi connectivity index (χ1) is 18.5. The number of para-hydroxylation sites is 1. The fourth-order valence-corrected chi connectivity index (χ4v) is 4.31. The maximum absolute atomic E-state index is 13.1. The molecule has 9 heteroatoms. The number of amidine groups is 1. The Morgan fingerprint density at radius 3 is 2.32 bits per heavy atom. The molecule has 0 atom stereocenters. The van der Waals surface area contributed by atoms with Crippen LogP contribution in [0.5, 0.6) is 0 Å². The number of rotatable bonds is 13. The number of nitrogens with two attached hydrogens (primary N) is 1. The number of aliphatic carboxylic acids is 1. The minimum atomic E-state index is -0.931. The number of carbonyl (C=O) groups is 2. The molecule has 38 heavy (non-hydrogen) atoms. The number of nitrogens with one attached hydrogen (secondary N) is 2. The molecule has 0 saturated heterocycles. The van der Waals surface area contributed by atoms with Gasteiger partial charge in [0.05, 0.1) is 23.3 Å². The Bertz CT molecular complexity index is 1270. The SMILES string of the molecule is CNCCCCN=C(N=CN)c1c(NC(=O)CCCC(=O)O)c(-c2ccccc2)n(-c2ccccc2)c1C. The number of carbonyl (C=O) groups excluding carboxylic acids is 1. The van der Waals surface area contributed by atoms with Gasteiger partial charge in [-0.1, -0.05) is 48.5 Å². The third-order valence-electron chi connectivity index (χ3n) is 6.05. The summed E-state index contributed by atoms with van der Waals surface area (Å²) in [6.07, 6.45) is 3.28. The molecule has 3 rings (SSSR count). The van der Waals surface area contributed by atoms with Crippen LogP contribution in [0.2, 0.25) is 0 Å². The van der Waals surface area contributed by atoms with Crippen molar-refractivity contribution >= 4 is 29.7 Å². The van der Waals surface area contributed by atoms with Crippen molar-refractivity contribution in [1.82, 2.24) is 9.88 Å². The molecule has 0 aliphatic carbocycles. The van der Waals surface area contributed by atoms with Crippen LogP contribution in [0, 0.1) is 6.92 Å². The van der Waals surface area contributed by atoms with Gasteiger partial charge in [0.25, 0.3) is 0 Å². The Hall–Kier alpha value is -4.24. The van der Waals surface area contributed by atoms with E-state index < -0.39 is 5.97 Å². The van der Waals surface area contributed by atoms with Gasteiger partial charge in [0.15, 0.2) is 5.84 Å². The number of aliphatic imine (C=N–C) groups is 2. The molecule has 1 heterocycles. The number of hydrogen-bond acceptors (Lipinski definition) is 4. The fourth-order valence-electron chi connectivity index (χ4n) is 4.31. The van der Waals surface area contributed by atoms with Gasteiger partial charge in [-0.2, -0.15) is 0 Å². The lowest BCUT2D eigenvalue weighted by atomic mass is 10.1. The van der Waals surface area contributed by atoms with Crippen molar-refractivity contribution < 1.29 is 14.7 Å². The summed E-state index contributed by atoms with van der Waals surface area (Å²) in [5.74, 6) is -0.776. The van der Waals surface area contributed by atoms with Crippen molar-refractivity contribution in [3.63, 3.8) is 0 Å². The lowest BCUT2D eigenvalue weighted by molar-refractivity contribution is -0.137. The van der Waals surface area contributed by atoms with Crippen molar-refractivity contribution in [3.8, 4) is 16.9 Å². The lowest BCUT2D eigenvalue weighted by Crippen LogP contribution is -2.15. The van der Waals surface area contributed by atoms with Gasteiger partial charge in [-0.05, 0) is 51.9 Å². The van der Waals surface area contributed by atoms with E-state index in [2.05, 4.69) is 20.2 Å². The minimum absolute atomic E-state index is 0.0756. The summed E-state index contributed by atoms with van der Waals surface area (Å²) in [5, 5.41) is 15.2. The molecule has 0 fully saturated rings. The first-order valence-corrected chi connectivity index (χ1v) is 12.8. The summed E-state index contributed by atoms with van der Waals surface area (Å²) in [5.41, 5.74) is 10.4. The molecule has 1 amide bonds. The highest BCUT2D eigenvalue weighted by Gasteiger charge is 2.27. The Labute approximate surface area is 223 Å². The zero-order chi connectivity index (χ0) is 27.3. The number of carboxylic acids is 1. The number of anilines is 1. The number of carboxylic acid groups (broad SMARTS) is 1. The van der Waals surface area contributed by atoms with Crippen molar-refractivity contribution in [3.05, 3.63) is 71.9 Å². The Kier molecular flexibility index (Phi) is 10.8. The van der Waals surface area contributed by atoms with Crippen LogP contribution >= 0.6 is 0 Å². The summed E-state index contributed by atoms with van der Waals surface area (Å²) >= 11 is 0. The molecule has 0 unspecified atom stereocenters. The van der Waals surface area contributed by atoms with E-state index in [4.69, 9.17) is 15.8 Å². The molecule has 200 valence electrons. The maximum Gasteiger partial charge on any atom is 0.303 e. The van der Waals surface area contributed by atoms with Gasteiger partial charge in [0.1, 0.15) is 0 Å². The van der Waals surface area contributed by atoms with Gasteiger partial charge >= 0.3 is 5.97 Å². The normalized spacial score (nSPS) is 11.7. The zero-order valence-corrected chi connectivity index (χ0v) is 22.0. The van der Waals surface area contributed by atoms with E-state index in [0.29, 0.717) is 23.6 Å². The van der Waals surface area contributed by atoms with Crippen molar-refractivity contribution in [2.45, 2.75) is 39.0 Å². The number of unbranched alkanes of at least 4 members (excludes halogenated alkanes) is 1. The Morgan fingerprint density at radius 2 is 1.68 bits per heavy atom. The predicted octanol–water partition coefficient (Wildman–Crippen LogP) is 4.38. The summed E-state index contributed by atoms with van der Waals surface area (Å²) in [6.45, 7) is 3.42. The highest BCUT2D eigenvalue weighted by atomic mass is 16.4. The van der Waals surface area contributed by atoms with E-state index in [0.717, 1.165) is 42.0 Å². The summed E-state index contributed by atoms with van der Waals surface area (Å²) in [7, 11) is 1.92. The summed E-state index contributed by atoms with van der Waals surface area (Å²) in [6, 6.07) is 19.7. The lowest BCUT2D eigenvalue weighted by Gasteiger charge is -2.14. The second-order valence-electron chi connectivity index (χ2n) is 8.81. The van der Waals surface area contributed by atoms with Gasteiger partial charge in [-0.15, -0.1) is 0 Å². The summed E-state index contributed by atoms with van der Waals surface area (Å²) < 4.78 is 2.08. The highest BCUT2D eigenvalue weighted by Crippen LogP contribution is 2.39. The first-order valence-electron chi connectivity index (χ1n) is 12.8. The minimum Gasteiger partial charge on any atom is -0.481 e. The van der Waals surface area contributed by atoms with E-state index in [1.54, 1.807) is 0 Å². The topological polar surface area (TPSA) is 134 Å². The molecule has 0 radical (unpaired) electrons. The molecular formula is C29H36N6O3. The molecule has 0 aliphatic heterocycles. The van der Waals surface area contributed by atoms with Crippen molar-refractivity contribution in [1.29, 1.82) is 0 Å². The summed E-state index contributed by atoms with van der Waals surface area (Å²) in [4.78, 5) is 33.3. The number of aromatic nitrogens is 1. The van der Waals surface area contributed by atoms with Crippen LogP contribution in [0.25, 0.3) is 16.9 Å². The molecule has 0 aliphatic rings. The molecular weight excluding hydrogens is 480 g/mol. The Morgan fingerprint density at radius 1 is 1.00 bits per heavy atom. The quantitative estimate of drug-likeness (QED) is 0.152. The second-order valence-corrected chi connectivity index (χ2v) is 8.81. The smallest absolute Gasteiger partial charge is 0.303 e. The van der Waals surface area contributed by atoms with Crippen LogP contribution in [0.15, 0.2) is 70.6 Å². The van der Waals surface area contributed by atoms with Crippen LogP contribution < -0.4 is 16.4 Å². The Balaban J connectivity index is 2.21. The van der Waals surface area contributed by atoms with E-state index >= 15 is 0 Å². The van der Waals surface area contributed by atoms with Gasteiger partial charge in [-0.3, -0.25) is 14.6 Å². The average Bonchev–Trinajstić information content (AvgIpc) is 3.19. The van der Waals surface area contributed by atoms with E-state index in [9.17, 15) is 9.59 Å². The van der Waals surface area contributed by atoms with Crippen LogP contribution in [0.4, 0.5) is 5.69 Å². The zero-order valence-electron chi connectivity index (χ0n) is 22.0. The molecule has 0 saturated carbocycles. The van der Waals surface area contributed by atoms with Gasteiger partial charge in [0.2, 0.25) is 5.91 Å². The van der Waals surface area contributed by atoms with E-state index in [1.807, 2.05) is 74.6 Å². The van der Waals surface area contributed by atoms with Crippen LogP contribution in [-0.2, 0) is 9.59 Å². The molecule has 0 bridgehead atoms. The van der Waals surface area contributed by atoms with E-state index in [-0.39, 0.29) is 25.2 Å². The predicted molar refractivity (Wildman–Crippen MR) is 153 cm³/mol. The highest BCUT2D eigenvalue weighted by molar-refractivity contribution is 6.13. The van der Waals surface area contributed by atoms with Gasteiger partial charge < -0.3 is 26.0 Å². The number of hydrogen-bond donors (Lipinski definition) is 4. The van der Waals surface area contributed by atoms with E-state index in [1.165, 1.54) is 6.34 Å². The van der Waals surface area contributed by atoms with Gasteiger partial charge in [-0.25, -0.2) is 4.99 Å². The molecule has 2 aromatic carbocycles. The largest absolute Gasteiger partial charge is 0.481 e. The molecule has 5 N–H and O–H groups in total. The maximum atomic E-state index is 13.1.